The Morgan fingerprint density at radius 2 is 1.79 bits per heavy atom. The van der Waals surface area contributed by atoms with Gasteiger partial charge in [-0.1, -0.05) is 24.3 Å². The largest absolute Gasteiger partial charge is 0.461 e. The fourth-order valence-corrected chi connectivity index (χ4v) is 5.57. The number of ether oxygens (including phenoxy) is 1. The number of nitrogens with zero attached hydrogens (tertiary/aromatic N) is 3. The van der Waals surface area contributed by atoms with Gasteiger partial charge in [0.2, 0.25) is 5.55 Å². The molecule has 6 aromatic rings. The third-order valence-corrected chi connectivity index (χ3v) is 7.71. The molecule has 0 fully saturated rings. The van der Waals surface area contributed by atoms with Crippen LogP contribution < -0.4 is 10.9 Å². The standard InChI is InChI=1S/C33H26N4O4S/c1-19-9-14-28-29(15-19)42-33(37-28)22-10-12-25(13-11-22)36-32-27(31(39)35-24-7-5-4-6-8-24)16-26-23(18-40-21(3)38)17-34-20(2)30(26)41-32/h4-17H,18H2,1-3H3,(H,35,39). The summed E-state index contributed by atoms with van der Waals surface area (Å²) in [6.45, 7) is 5.22. The van der Waals surface area contributed by atoms with Crippen molar-refractivity contribution in [1.29, 1.82) is 0 Å². The lowest BCUT2D eigenvalue weighted by Crippen LogP contribution is -2.22. The van der Waals surface area contributed by atoms with Crippen molar-refractivity contribution >= 4 is 55.8 Å². The number of amides is 1. The maximum Gasteiger partial charge on any atom is 0.302 e. The van der Waals surface area contributed by atoms with Crippen molar-refractivity contribution in [3.8, 4) is 10.6 Å². The van der Waals surface area contributed by atoms with Gasteiger partial charge in [0.15, 0.2) is 5.58 Å². The minimum Gasteiger partial charge on any atom is -0.461 e. The summed E-state index contributed by atoms with van der Waals surface area (Å²) in [5, 5.41) is 4.45. The highest BCUT2D eigenvalue weighted by Gasteiger charge is 2.17. The van der Waals surface area contributed by atoms with Gasteiger partial charge in [0.25, 0.3) is 5.91 Å². The SMILES string of the molecule is CC(=O)OCc1cnc(C)c2oc(=Nc3ccc(-c4nc5ccc(C)cc5s4)cc3)c(C(=O)Nc3ccccc3)cc12. The summed E-state index contributed by atoms with van der Waals surface area (Å²) in [6, 6.07) is 24.7. The van der Waals surface area contributed by atoms with Gasteiger partial charge in [0, 0.05) is 35.3 Å². The van der Waals surface area contributed by atoms with E-state index in [0.29, 0.717) is 33.6 Å². The predicted octanol–water partition coefficient (Wildman–Crippen LogP) is 7.27. The van der Waals surface area contributed by atoms with E-state index in [0.717, 1.165) is 20.8 Å². The Balaban J connectivity index is 1.44. The van der Waals surface area contributed by atoms with Crippen LogP contribution in [0.1, 0.15) is 34.1 Å². The van der Waals surface area contributed by atoms with Crippen molar-refractivity contribution in [3.63, 3.8) is 0 Å². The average Bonchev–Trinajstić information content (AvgIpc) is 3.41. The fraction of sp³-hybridized carbons (Fsp3) is 0.121. The van der Waals surface area contributed by atoms with E-state index in [1.807, 2.05) is 55.5 Å². The van der Waals surface area contributed by atoms with Gasteiger partial charge in [-0.25, -0.2) is 9.98 Å². The zero-order valence-electron chi connectivity index (χ0n) is 23.2. The highest BCUT2D eigenvalue weighted by molar-refractivity contribution is 7.21. The van der Waals surface area contributed by atoms with Gasteiger partial charge in [0.05, 0.1) is 21.6 Å². The Morgan fingerprint density at radius 1 is 1.00 bits per heavy atom. The van der Waals surface area contributed by atoms with Gasteiger partial charge < -0.3 is 14.5 Å². The van der Waals surface area contributed by atoms with Crippen LogP contribution in [0, 0.1) is 13.8 Å². The molecule has 0 aliphatic rings. The molecule has 9 heteroatoms. The molecule has 1 N–H and O–H groups in total. The van der Waals surface area contributed by atoms with Gasteiger partial charge in [-0.2, -0.15) is 0 Å². The number of thiazole rings is 1. The molecule has 3 aromatic heterocycles. The van der Waals surface area contributed by atoms with Gasteiger partial charge in [-0.15, -0.1) is 11.3 Å². The molecule has 1 amide bonds. The quantitative estimate of drug-likeness (QED) is 0.210. The maximum atomic E-state index is 13.5. The number of aromatic nitrogens is 2. The Kier molecular flexibility index (Phi) is 7.33. The first kappa shape index (κ1) is 27.0. The molecule has 0 spiro atoms. The Labute approximate surface area is 245 Å². The van der Waals surface area contributed by atoms with Crippen LogP contribution in [0.4, 0.5) is 11.4 Å². The Bertz CT molecular complexity index is 2030. The average molecular weight is 575 g/mol. The molecular formula is C33H26N4O4S. The number of carbonyl (C=O) groups excluding carboxylic acids is 2. The van der Waals surface area contributed by atoms with E-state index in [-0.39, 0.29) is 23.6 Å². The number of fused-ring (bicyclic) bond motifs is 2. The number of anilines is 1. The van der Waals surface area contributed by atoms with Crippen LogP contribution in [-0.4, -0.2) is 21.8 Å². The predicted molar refractivity (Wildman–Crippen MR) is 164 cm³/mol. The summed E-state index contributed by atoms with van der Waals surface area (Å²) in [4.78, 5) is 38.9. The van der Waals surface area contributed by atoms with Crippen molar-refractivity contribution < 1.29 is 18.7 Å². The highest BCUT2D eigenvalue weighted by atomic mass is 32.1. The van der Waals surface area contributed by atoms with E-state index in [4.69, 9.17) is 19.1 Å². The van der Waals surface area contributed by atoms with Crippen molar-refractivity contribution in [2.75, 3.05) is 5.32 Å². The second-order valence-corrected chi connectivity index (χ2v) is 10.9. The lowest BCUT2D eigenvalue weighted by molar-refractivity contribution is -0.142. The number of pyridine rings is 1. The molecule has 0 aliphatic carbocycles. The molecule has 42 heavy (non-hydrogen) atoms. The van der Waals surface area contributed by atoms with Gasteiger partial charge in [0.1, 0.15) is 17.2 Å². The number of nitrogens with one attached hydrogen (secondary N) is 1. The van der Waals surface area contributed by atoms with Crippen LogP contribution in [0.2, 0.25) is 0 Å². The lowest BCUT2D eigenvalue weighted by atomic mass is 10.1. The first-order chi connectivity index (χ1) is 20.3. The third kappa shape index (κ3) is 5.68. The van der Waals surface area contributed by atoms with Crippen molar-refractivity contribution in [2.24, 2.45) is 4.99 Å². The fourth-order valence-electron chi connectivity index (χ4n) is 4.50. The molecule has 0 saturated heterocycles. The Morgan fingerprint density at radius 3 is 2.55 bits per heavy atom. The zero-order valence-corrected chi connectivity index (χ0v) is 24.0. The maximum absolute atomic E-state index is 13.5. The lowest BCUT2D eigenvalue weighted by Gasteiger charge is -2.11. The molecule has 0 radical (unpaired) electrons. The zero-order chi connectivity index (χ0) is 29.2. The molecule has 8 nitrogen and oxygen atoms in total. The number of carbonyl (C=O) groups is 2. The topological polar surface area (TPSA) is 107 Å². The summed E-state index contributed by atoms with van der Waals surface area (Å²) in [6.07, 6.45) is 1.62. The van der Waals surface area contributed by atoms with Crippen molar-refractivity contribution in [3.05, 3.63) is 113 Å². The molecular weight excluding hydrogens is 548 g/mol. The summed E-state index contributed by atoms with van der Waals surface area (Å²) in [7, 11) is 0. The number of benzene rings is 3. The second kappa shape index (κ2) is 11.4. The minimum atomic E-state index is -0.418. The number of rotatable bonds is 6. The third-order valence-electron chi connectivity index (χ3n) is 6.65. The molecule has 0 bridgehead atoms. The van der Waals surface area contributed by atoms with Crippen molar-refractivity contribution in [1.82, 2.24) is 9.97 Å². The number of hydrogen-bond donors (Lipinski definition) is 1. The number of hydrogen-bond acceptors (Lipinski definition) is 8. The van der Waals surface area contributed by atoms with E-state index >= 15 is 0 Å². The van der Waals surface area contributed by atoms with E-state index in [1.165, 1.54) is 12.5 Å². The summed E-state index contributed by atoms with van der Waals surface area (Å²) in [5.41, 5.74) is 6.42. The van der Waals surface area contributed by atoms with Crippen LogP contribution in [0.5, 0.6) is 0 Å². The molecule has 6 rings (SSSR count). The smallest absolute Gasteiger partial charge is 0.302 e. The van der Waals surface area contributed by atoms with Crippen LogP contribution in [0.15, 0.2) is 94.5 Å². The molecule has 208 valence electrons. The monoisotopic (exact) mass is 574 g/mol. The molecule has 0 unspecified atom stereocenters. The molecule has 3 heterocycles. The number of aryl methyl sites for hydroxylation is 2. The highest BCUT2D eigenvalue weighted by Crippen LogP contribution is 2.31. The minimum absolute atomic E-state index is 0.00232. The summed E-state index contributed by atoms with van der Waals surface area (Å²) in [5.74, 6) is -0.807. The summed E-state index contributed by atoms with van der Waals surface area (Å²) >= 11 is 1.64. The van der Waals surface area contributed by atoms with Gasteiger partial charge in [-0.3, -0.25) is 14.6 Å². The number of esters is 1. The molecule has 0 atom stereocenters. The Hall–Kier alpha value is -5.15. The van der Waals surface area contributed by atoms with Crippen LogP contribution in [0.3, 0.4) is 0 Å². The van der Waals surface area contributed by atoms with Crippen LogP contribution in [-0.2, 0) is 16.1 Å². The molecule has 0 saturated carbocycles. The molecule has 3 aromatic carbocycles. The van der Waals surface area contributed by atoms with E-state index in [2.05, 4.69) is 29.4 Å². The first-order valence-electron chi connectivity index (χ1n) is 13.3. The number of para-hydroxylation sites is 1. The normalized spacial score (nSPS) is 11.6. The summed E-state index contributed by atoms with van der Waals surface area (Å²) < 4.78 is 12.6. The van der Waals surface area contributed by atoms with E-state index in [1.54, 1.807) is 35.7 Å². The van der Waals surface area contributed by atoms with Crippen LogP contribution >= 0.6 is 11.3 Å². The van der Waals surface area contributed by atoms with Crippen molar-refractivity contribution in [2.45, 2.75) is 27.4 Å². The van der Waals surface area contributed by atoms with Gasteiger partial charge in [-0.05, 0) is 74.0 Å². The van der Waals surface area contributed by atoms with Gasteiger partial charge >= 0.3 is 5.97 Å². The van der Waals surface area contributed by atoms with E-state index < -0.39 is 5.97 Å². The first-order valence-corrected chi connectivity index (χ1v) is 14.1. The van der Waals surface area contributed by atoms with Crippen LogP contribution in [0.25, 0.3) is 31.8 Å². The van der Waals surface area contributed by atoms with E-state index in [9.17, 15) is 9.59 Å². The molecule has 0 aliphatic heterocycles. The second-order valence-electron chi connectivity index (χ2n) is 9.83.